The topological polar surface area (TPSA) is 62.1 Å². The molecule has 4 nitrogen and oxygen atoms in total. The molecule has 0 spiro atoms. The summed E-state index contributed by atoms with van der Waals surface area (Å²) in [6, 6.07) is 7.48. The van der Waals surface area contributed by atoms with Crippen molar-refractivity contribution in [1.82, 2.24) is 9.88 Å². The molecule has 0 saturated carbocycles. The number of likely N-dealkylation sites (N-methyl/N-ethyl adjacent to an activating group) is 1. The minimum Gasteiger partial charge on any atom is -0.368 e. The number of fused-ring (bicyclic) bond motifs is 1. The molecule has 0 bridgehead atoms. The van der Waals surface area contributed by atoms with Gasteiger partial charge in [-0.15, -0.1) is 0 Å². The first-order valence-electron chi connectivity index (χ1n) is 5.13. The summed E-state index contributed by atoms with van der Waals surface area (Å²) < 4.78 is 0. The Bertz CT molecular complexity index is 516. The van der Waals surface area contributed by atoms with Gasteiger partial charge in [0.15, 0.2) is 0 Å². The van der Waals surface area contributed by atoms with E-state index in [1.54, 1.807) is 0 Å². The number of carbonyl (C=O) groups is 1. The van der Waals surface area contributed by atoms with Gasteiger partial charge in [0.05, 0.1) is 0 Å². The van der Waals surface area contributed by atoms with Gasteiger partial charge in [-0.25, -0.2) is 0 Å². The molecule has 1 unspecified atom stereocenters. The molecule has 0 radical (unpaired) electrons. The highest BCUT2D eigenvalue weighted by Gasteiger charge is 2.22. The first-order chi connectivity index (χ1) is 7.61. The van der Waals surface area contributed by atoms with Crippen molar-refractivity contribution in [2.45, 2.75) is 6.04 Å². The second-order valence-electron chi connectivity index (χ2n) is 4.06. The molecule has 2 aromatic rings. The van der Waals surface area contributed by atoms with Crippen LogP contribution in [0, 0.1) is 0 Å². The van der Waals surface area contributed by atoms with Crippen LogP contribution >= 0.6 is 0 Å². The van der Waals surface area contributed by atoms with Gasteiger partial charge in [-0.3, -0.25) is 9.69 Å². The van der Waals surface area contributed by atoms with Crippen LogP contribution in [0.1, 0.15) is 11.6 Å². The average molecular weight is 217 g/mol. The molecule has 0 fully saturated rings. The van der Waals surface area contributed by atoms with Gasteiger partial charge in [0.25, 0.3) is 0 Å². The van der Waals surface area contributed by atoms with E-state index in [0.29, 0.717) is 0 Å². The number of aromatic amines is 1. The van der Waals surface area contributed by atoms with Gasteiger partial charge in [0.2, 0.25) is 5.91 Å². The van der Waals surface area contributed by atoms with Crippen LogP contribution in [0.5, 0.6) is 0 Å². The van der Waals surface area contributed by atoms with E-state index < -0.39 is 6.04 Å². The van der Waals surface area contributed by atoms with Gasteiger partial charge in [0.1, 0.15) is 6.04 Å². The third kappa shape index (κ3) is 1.67. The number of nitrogens with one attached hydrogen (secondary N) is 1. The van der Waals surface area contributed by atoms with Crippen LogP contribution in [-0.2, 0) is 4.79 Å². The van der Waals surface area contributed by atoms with Gasteiger partial charge in [-0.05, 0) is 20.2 Å². The van der Waals surface area contributed by atoms with Gasteiger partial charge in [-0.2, -0.15) is 0 Å². The zero-order valence-corrected chi connectivity index (χ0v) is 9.40. The Morgan fingerprint density at radius 3 is 2.69 bits per heavy atom. The maximum atomic E-state index is 11.4. The molecule has 0 saturated heterocycles. The lowest BCUT2D eigenvalue weighted by molar-refractivity contribution is -0.122. The van der Waals surface area contributed by atoms with E-state index in [1.807, 2.05) is 49.5 Å². The largest absolute Gasteiger partial charge is 0.368 e. The number of nitrogens with two attached hydrogens (primary N) is 1. The number of para-hydroxylation sites is 1. The maximum Gasteiger partial charge on any atom is 0.239 e. The summed E-state index contributed by atoms with van der Waals surface area (Å²) in [6.07, 6.45) is 1.85. The molecule has 16 heavy (non-hydrogen) atoms. The summed E-state index contributed by atoms with van der Waals surface area (Å²) in [4.78, 5) is 16.4. The number of amides is 1. The Morgan fingerprint density at radius 2 is 2.06 bits per heavy atom. The van der Waals surface area contributed by atoms with Gasteiger partial charge < -0.3 is 10.7 Å². The molecule has 4 heteroatoms. The van der Waals surface area contributed by atoms with Gasteiger partial charge in [-0.1, -0.05) is 18.2 Å². The summed E-state index contributed by atoms with van der Waals surface area (Å²) in [5.74, 6) is -0.338. The monoisotopic (exact) mass is 217 g/mol. The molecule has 1 atom stereocenters. The van der Waals surface area contributed by atoms with E-state index >= 15 is 0 Å². The van der Waals surface area contributed by atoms with Crippen LogP contribution in [-0.4, -0.2) is 29.9 Å². The molecule has 0 aliphatic rings. The lowest BCUT2D eigenvalue weighted by atomic mass is 10.0. The Hall–Kier alpha value is -1.81. The van der Waals surface area contributed by atoms with E-state index in [1.165, 1.54) is 0 Å². The predicted octanol–water partition coefficient (Wildman–Crippen LogP) is 1.26. The molecule has 0 aliphatic heterocycles. The minimum absolute atomic E-state index is 0.338. The van der Waals surface area contributed by atoms with Crippen molar-refractivity contribution in [3.63, 3.8) is 0 Å². The Balaban J connectivity index is 2.57. The van der Waals surface area contributed by atoms with Crippen LogP contribution in [0.25, 0.3) is 10.9 Å². The fraction of sp³-hybridized carbons (Fsp3) is 0.250. The average Bonchev–Trinajstić information content (AvgIpc) is 2.61. The molecule has 2 rings (SSSR count). The highest BCUT2D eigenvalue weighted by molar-refractivity contribution is 5.90. The van der Waals surface area contributed by atoms with Gasteiger partial charge in [0, 0.05) is 22.7 Å². The molecule has 1 aromatic carbocycles. The van der Waals surface area contributed by atoms with Crippen LogP contribution < -0.4 is 5.73 Å². The minimum atomic E-state index is -0.392. The number of H-pyrrole nitrogens is 1. The Labute approximate surface area is 94.0 Å². The SMILES string of the molecule is CN(C)C(C(N)=O)c1c[nH]c2ccccc12. The number of primary amides is 1. The van der Waals surface area contributed by atoms with Crippen LogP contribution in [0.4, 0.5) is 0 Å². The van der Waals surface area contributed by atoms with E-state index in [9.17, 15) is 4.79 Å². The number of hydrogen-bond donors (Lipinski definition) is 2. The third-order valence-electron chi connectivity index (χ3n) is 2.70. The number of hydrogen-bond acceptors (Lipinski definition) is 2. The third-order valence-corrected chi connectivity index (χ3v) is 2.70. The molecular weight excluding hydrogens is 202 g/mol. The van der Waals surface area contributed by atoms with Gasteiger partial charge >= 0.3 is 0 Å². The molecule has 3 N–H and O–H groups in total. The summed E-state index contributed by atoms with van der Waals surface area (Å²) in [5, 5.41) is 1.04. The zero-order chi connectivity index (χ0) is 11.7. The number of nitrogens with zero attached hydrogens (tertiary/aromatic N) is 1. The van der Waals surface area contributed by atoms with E-state index in [0.717, 1.165) is 16.5 Å². The summed E-state index contributed by atoms with van der Waals surface area (Å²) >= 11 is 0. The highest BCUT2D eigenvalue weighted by Crippen LogP contribution is 2.26. The Morgan fingerprint density at radius 1 is 1.38 bits per heavy atom. The quantitative estimate of drug-likeness (QED) is 0.813. The van der Waals surface area contributed by atoms with E-state index in [-0.39, 0.29) is 5.91 Å². The first kappa shape index (κ1) is 10.7. The molecule has 1 heterocycles. The molecule has 1 aromatic heterocycles. The summed E-state index contributed by atoms with van der Waals surface area (Å²) in [6.45, 7) is 0. The van der Waals surface area contributed by atoms with Crippen LogP contribution in [0.2, 0.25) is 0 Å². The number of rotatable bonds is 3. The van der Waals surface area contributed by atoms with Crippen molar-refractivity contribution in [3.8, 4) is 0 Å². The zero-order valence-electron chi connectivity index (χ0n) is 9.40. The Kier molecular flexibility index (Phi) is 2.66. The van der Waals surface area contributed by atoms with Crippen molar-refractivity contribution in [1.29, 1.82) is 0 Å². The van der Waals surface area contributed by atoms with Crippen molar-refractivity contribution in [2.24, 2.45) is 5.73 Å². The van der Waals surface area contributed by atoms with Crippen molar-refractivity contribution < 1.29 is 4.79 Å². The van der Waals surface area contributed by atoms with E-state index in [4.69, 9.17) is 5.73 Å². The highest BCUT2D eigenvalue weighted by atomic mass is 16.1. The molecule has 84 valence electrons. The fourth-order valence-corrected chi connectivity index (χ4v) is 2.01. The predicted molar refractivity (Wildman–Crippen MR) is 63.9 cm³/mol. The molecule has 1 amide bonds. The van der Waals surface area contributed by atoms with E-state index in [2.05, 4.69) is 4.98 Å². The first-order valence-corrected chi connectivity index (χ1v) is 5.13. The smallest absolute Gasteiger partial charge is 0.239 e. The normalized spacial score (nSPS) is 13.2. The lowest BCUT2D eigenvalue weighted by Gasteiger charge is -2.20. The standard InChI is InChI=1S/C12H15N3O/c1-15(2)11(12(13)16)9-7-14-10-6-4-3-5-8(9)10/h3-7,11,14H,1-2H3,(H2,13,16). The summed E-state index contributed by atoms with van der Waals surface area (Å²) in [5.41, 5.74) is 7.37. The summed E-state index contributed by atoms with van der Waals surface area (Å²) in [7, 11) is 3.69. The second kappa shape index (κ2) is 3.98. The van der Waals surface area contributed by atoms with Crippen molar-refractivity contribution in [3.05, 3.63) is 36.0 Å². The second-order valence-corrected chi connectivity index (χ2v) is 4.06. The lowest BCUT2D eigenvalue weighted by Crippen LogP contribution is -2.32. The number of benzene rings is 1. The number of aromatic nitrogens is 1. The van der Waals surface area contributed by atoms with Crippen LogP contribution in [0.15, 0.2) is 30.5 Å². The number of carbonyl (C=O) groups excluding carboxylic acids is 1. The molecule has 0 aliphatic carbocycles. The molecular formula is C12H15N3O. The van der Waals surface area contributed by atoms with Crippen LogP contribution in [0.3, 0.4) is 0 Å². The van der Waals surface area contributed by atoms with Crippen molar-refractivity contribution in [2.75, 3.05) is 14.1 Å². The fourth-order valence-electron chi connectivity index (χ4n) is 2.01. The van der Waals surface area contributed by atoms with Crippen molar-refractivity contribution >= 4 is 16.8 Å². The maximum absolute atomic E-state index is 11.4.